The Bertz CT molecular complexity index is 847. The molecule has 0 fully saturated rings. The molecule has 0 unspecified atom stereocenters. The van der Waals surface area contributed by atoms with Crippen LogP contribution in [0.15, 0.2) is 19.7 Å². The van der Waals surface area contributed by atoms with Crippen molar-refractivity contribution in [3.63, 3.8) is 0 Å². The monoisotopic (exact) mass is 570 g/mol. The molecule has 0 aliphatic rings. The van der Waals surface area contributed by atoms with Gasteiger partial charge in [0, 0.05) is 0 Å². The van der Waals surface area contributed by atoms with E-state index in [4.69, 9.17) is 0 Å². The van der Waals surface area contributed by atoms with E-state index in [0.717, 1.165) is 0 Å². The van der Waals surface area contributed by atoms with Gasteiger partial charge in [-0.05, 0) is 91.6 Å². The third-order valence-electron chi connectivity index (χ3n) is 6.19. The quantitative estimate of drug-likeness (QED) is 0.169. The maximum absolute atomic E-state index is 3.79. The lowest BCUT2D eigenvalue weighted by atomic mass is 9.91. The highest BCUT2D eigenvalue weighted by molar-refractivity contribution is 9.11. The molecule has 0 atom stereocenters. The zero-order valence-corrected chi connectivity index (χ0v) is 23.4. The summed E-state index contributed by atoms with van der Waals surface area (Å²) in [6.07, 6.45) is 18.9. The molecule has 0 bridgehead atoms. The normalized spacial score (nSPS) is 11.9. The van der Waals surface area contributed by atoms with Crippen LogP contribution in [0, 0.1) is 0 Å². The molecule has 4 heteroatoms. The fourth-order valence-electron chi connectivity index (χ4n) is 4.57. The van der Waals surface area contributed by atoms with Crippen molar-refractivity contribution in [1.29, 1.82) is 0 Å². The van der Waals surface area contributed by atoms with Crippen molar-refractivity contribution in [2.45, 2.75) is 104 Å². The number of hydrogen-bond donors (Lipinski definition) is 0. The van der Waals surface area contributed by atoms with E-state index in [1.54, 1.807) is 11.1 Å². The van der Waals surface area contributed by atoms with Crippen molar-refractivity contribution in [2.75, 3.05) is 0 Å². The van der Waals surface area contributed by atoms with Gasteiger partial charge in [-0.1, -0.05) is 78.1 Å². The molecule has 0 saturated heterocycles. The van der Waals surface area contributed by atoms with Crippen LogP contribution < -0.4 is 0 Å². The highest BCUT2D eigenvalue weighted by Gasteiger charge is 2.18. The summed E-state index contributed by atoms with van der Waals surface area (Å²) >= 11 is 11.4. The van der Waals surface area contributed by atoms with E-state index < -0.39 is 0 Å². The topological polar surface area (TPSA) is 0 Å². The molecule has 2 aromatic heterocycles. The van der Waals surface area contributed by atoms with Crippen molar-refractivity contribution in [1.82, 2.24) is 0 Å². The van der Waals surface area contributed by atoms with Crippen molar-refractivity contribution in [2.24, 2.45) is 0 Å². The van der Waals surface area contributed by atoms with Crippen molar-refractivity contribution >= 4 is 74.7 Å². The summed E-state index contributed by atoms with van der Waals surface area (Å²) < 4.78 is 5.51. The number of unbranched alkanes of at least 4 members (excludes halogenated alkanes) is 10. The summed E-state index contributed by atoms with van der Waals surface area (Å²) in [5, 5.41) is 3.03. The highest BCUT2D eigenvalue weighted by Crippen LogP contribution is 2.45. The summed E-state index contributed by atoms with van der Waals surface area (Å²) in [6.45, 7) is 4.60. The molecule has 0 aliphatic heterocycles. The van der Waals surface area contributed by atoms with E-state index >= 15 is 0 Å². The molecule has 0 spiro atoms. The Hall–Kier alpha value is 0.1000. The predicted molar refractivity (Wildman–Crippen MR) is 147 cm³/mol. The lowest BCUT2D eigenvalue weighted by Gasteiger charge is -2.14. The first-order valence-corrected chi connectivity index (χ1v) is 15.2. The second kappa shape index (κ2) is 13.0. The standard InChI is InChI=1S/C26H36Br2S2/c1-3-5-7-9-11-13-15-19-20(16-14-12-10-8-6-4-2)22-18-24(28)30-26(22)25-21(19)17-23(27)29-25/h17-18H,3-16H2,1-2H3. The van der Waals surface area contributed by atoms with E-state index in [1.165, 1.54) is 118 Å². The number of thiophene rings is 2. The van der Waals surface area contributed by atoms with Crippen LogP contribution in [-0.4, -0.2) is 0 Å². The minimum absolute atomic E-state index is 1.24. The summed E-state index contributed by atoms with van der Waals surface area (Å²) in [4.78, 5) is 0. The van der Waals surface area contributed by atoms with Gasteiger partial charge in [0.25, 0.3) is 0 Å². The Labute approximate surface area is 208 Å². The maximum Gasteiger partial charge on any atom is 0.0711 e. The number of rotatable bonds is 14. The Kier molecular flexibility index (Phi) is 10.7. The van der Waals surface area contributed by atoms with Gasteiger partial charge in [-0.15, -0.1) is 22.7 Å². The maximum atomic E-state index is 3.79. The predicted octanol–water partition coefficient (Wildman–Crippen LogP) is 11.4. The van der Waals surface area contributed by atoms with Gasteiger partial charge in [-0.3, -0.25) is 0 Å². The molecule has 0 radical (unpaired) electrons. The molecule has 3 aromatic rings. The smallest absolute Gasteiger partial charge is 0.0711 e. The van der Waals surface area contributed by atoms with E-state index in [-0.39, 0.29) is 0 Å². The van der Waals surface area contributed by atoms with Crippen LogP contribution in [0.5, 0.6) is 0 Å². The van der Waals surface area contributed by atoms with Crippen LogP contribution in [0.2, 0.25) is 0 Å². The van der Waals surface area contributed by atoms with Crippen LogP contribution in [0.3, 0.4) is 0 Å². The average Bonchev–Trinajstić information content (AvgIpc) is 3.30. The summed E-state index contributed by atoms with van der Waals surface area (Å²) in [5.41, 5.74) is 3.29. The molecule has 3 rings (SSSR count). The first-order valence-electron chi connectivity index (χ1n) is 12.0. The lowest BCUT2D eigenvalue weighted by molar-refractivity contribution is 0.600. The summed E-state index contributed by atoms with van der Waals surface area (Å²) in [6, 6.07) is 4.79. The zero-order valence-electron chi connectivity index (χ0n) is 18.6. The Morgan fingerprint density at radius 2 is 0.933 bits per heavy atom. The molecule has 0 nitrogen and oxygen atoms in total. The molecule has 0 saturated carbocycles. The van der Waals surface area contributed by atoms with Gasteiger partial charge in [0.2, 0.25) is 0 Å². The SMILES string of the molecule is CCCCCCCCc1c(CCCCCCCC)c2cc(Br)sc2c2sc(Br)cc12. The number of fused-ring (bicyclic) bond motifs is 3. The molecule has 166 valence electrons. The van der Waals surface area contributed by atoms with E-state index in [0.29, 0.717) is 0 Å². The van der Waals surface area contributed by atoms with Crippen LogP contribution >= 0.6 is 54.5 Å². The van der Waals surface area contributed by atoms with Crippen molar-refractivity contribution in [3.05, 3.63) is 30.8 Å². The van der Waals surface area contributed by atoms with E-state index in [9.17, 15) is 0 Å². The van der Waals surface area contributed by atoms with Gasteiger partial charge in [-0.25, -0.2) is 0 Å². The second-order valence-corrected chi connectivity index (χ2v) is 13.4. The van der Waals surface area contributed by atoms with Crippen LogP contribution in [-0.2, 0) is 12.8 Å². The van der Waals surface area contributed by atoms with Gasteiger partial charge in [-0.2, -0.15) is 0 Å². The van der Waals surface area contributed by atoms with Gasteiger partial charge < -0.3 is 0 Å². The first kappa shape index (κ1) is 24.7. The van der Waals surface area contributed by atoms with Crippen LogP contribution in [0.25, 0.3) is 20.2 Å². The van der Waals surface area contributed by atoms with Gasteiger partial charge >= 0.3 is 0 Å². The van der Waals surface area contributed by atoms with Gasteiger partial charge in [0.15, 0.2) is 0 Å². The fraction of sp³-hybridized carbons (Fsp3) is 0.615. The minimum Gasteiger partial charge on any atom is -0.127 e. The Balaban J connectivity index is 1.83. The number of hydrogen-bond acceptors (Lipinski definition) is 2. The number of aryl methyl sites for hydroxylation is 2. The molecule has 0 amide bonds. The highest BCUT2D eigenvalue weighted by atomic mass is 79.9. The second-order valence-electron chi connectivity index (χ2n) is 8.58. The Morgan fingerprint density at radius 3 is 1.33 bits per heavy atom. The van der Waals surface area contributed by atoms with Crippen LogP contribution in [0.1, 0.15) is 102 Å². The largest absolute Gasteiger partial charge is 0.127 e. The van der Waals surface area contributed by atoms with E-state index in [1.807, 2.05) is 22.7 Å². The van der Waals surface area contributed by atoms with Gasteiger partial charge in [0.1, 0.15) is 0 Å². The zero-order chi connectivity index (χ0) is 21.3. The fourth-order valence-corrected chi connectivity index (χ4v) is 7.98. The molecule has 0 N–H and O–H groups in total. The molecular weight excluding hydrogens is 536 g/mol. The Morgan fingerprint density at radius 1 is 0.567 bits per heavy atom. The number of halogens is 2. The van der Waals surface area contributed by atoms with Crippen LogP contribution in [0.4, 0.5) is 0 Å². The third-order valence-corrected chi connectivity index (χ3v) is 9.63. The molecule has 0 aliphatic carbocycles. The van der Waals surface area contributed by atoms with E-state index in [2.05, 4.69) is 57.8 Å². The van der Waals surface area contributed by atoms with Gasteiger partial charge in [0.05, 0.1) is 17.0 Å². The molecular formula is C26H36Br2S2. The summed E-state index contributed by atoms with van der Waals surface area (Å²) in [5.74, 6) is 0. The van der Waals surface area contributed by atoms with Crippen molar-refractivity contribution in [3.8, 4) is 0 Å². The summed E-state index contributed by atoms with van der Waals surface area (Å²) in [7, 11) is 0. The van der Waals surface area contributed by atoms with Crippen molar-refractivity contribution < 1.29 is 0 Å². The first-order chi connectivity index (χ1) is 14.7. The average molecular weight is 573 g/mol. The lowest BCUT2D eigenvalue weighted by Crippen LogP contribution is -1.98. The third kappa shape index (κ3) is 6.56. The minimum atomic E-state index is 1.24. The molecule has 30 heavy (non-hydrogen) atoms. The molecule has 1 aromatic carbocycles. The number of benzene rings is 1. The molecule has 2 heterocycles.